The predicted octanol–water partition coefficient (Wildman–Crippen LogP) is 3.82. The first-order valence-electron chi connectivity index (χ1n) is 8.72. The van der Waals surface area contributed by atoms with E-state index in [-0.39, 0.29) is 24.7 Å². The smallest absolute Gasteiger partial charge is 0.312 e. The Morgan fingerprint density at radius 1 is 1.11 bits per heavy atom. The molecule has 27 heavy (non-hydrogen) atoms. The van der Waals surface area contributed by atoms with E-state index in [2.05, 4.69) is 0 Å². The lowest BCUT2D eigenvalue weighted by Gasteiger charge is -2.18. The molecule has 0 aromatic heterocycles. The Morgan fingerprint density at radius 3 is 2.37 bits per heavy atom. The van der Waals surface area contributed by atoms with Crippen molar-refractivity contribution in [2.45, 2.75) is 26.4 Å². The highest BCUT2D eigenvalue weighted by Crippen LogP contribution is 2.27. The second-order valence-corrected chi connectivity index (χ2v) is 7.13. The van der Waals surface area contributed by atoms with Crippen LogP contribution in [0, 0.1) is 12.8 Å². The maximum Gasteiger partial charge on any atom is 0.312 e. The summed E-state index contributed by atoms with van der Waals surface area (Å²) in [6.07, 6.45) is -0.840. The van der Waals surface area contributed by atoms with Gasteiger partial charge in [-0.25, -0.2) is 0 Å². The SMILES string of the molecule is Cc1ccc(C(=O)[C@@H](C)OC(=O)[C@H]2CC(=O)N(c3ccc(Cl)cc3)C2)cc1. The number of nitrogens with zero attached hydrogens (tertiary/aromatic N) is 1. The normalized spacial score (nSPS) is 17.7. The summed E-state index contributed by atoms with van der Waals surface area (Å²) in [4.78, 5) is 38.7. The molecule has 1 heterocycles. The first-order valence-corrected chi connectivity index (χ1v) is 9.10. The quantitative estimate of drug-likeness (QED) is 0.579. The van der Waals surface area contributed by atoms with Gasteiger partial charge in [-0.15, -0.1) is 0 Å². The van der Waals surface area contributed by atoms with Crippen LogP contribution in [0.5, 0.6) is 0 Å². The molecule has 0 radical (unpaired) electrons. The molecule has 1 aliphatic rings. The van der Waals surface area contributed by atoms with Crippen molar-refractivity contribution in [1.29, 1.82) is 0 Å². The summed E-state index contributed by atoms with van der Waals surface area (Å²) in [7, 11) is 0. The number of hydrogen-bond acceptors (Lipinski definition) is 4. The molecule has 0 aliphatic carbocycles. The van der Waals surface area contributed by atoms with Gasteiger partial charge in [0.1, 0.15) is 0 Å². The summed E-state index contributed by atoms with van der Waals surface area (Å²) >= 11 is 5.87. The minimum atomic E-state index is -0.903. The maximum absolute atomic E-state index is 12.4. The van der Waals surface area contributed by atoms with Gasteiger partial charge >= 0.3 is 5.97 Å². The Labute approximate surface area is 162 Å². The van der Waals surface area contributed by atoms with E-state index in [9.17, 15) is 14.4 Å². The van der Waals surface area contributed by atoms with Gasteiger partial charge in [0, 0.05) is 29.2 Å². The van der Waals surface area contributed by atoms with E-state index in [1.54, 1.807) is 43.3 Å². The van der Waals surface area contributed by atoms with Gasteiger partial charge in [0.05, 0.1) is 5.92 Å². The number of benzene rings is 2. The van der Waals surface area contributed by atoms with Crippen LogP contribution in [-0.2, 0) is 14.3 Å². The first kappa shape index (κ1) is 19.1. The highest BCUT2D eigenvalue weighted by molar-refractivity contribution is 6.30. The summed E-state index contributed by atoms with van der Waals surface area (Å²) in [5.41, 5.74) is 2.22. The Morgan fingerprint density at radius 2 is 1.74 bits per heavy atom. The van der Waals surface area contributed by atoms with Crippen molar-refractivity contribution < 1.29 is 19.1 Å². The molecular weight excluding hydrogens is 366 g/mol. The molecule has 0 N–H and O–H groups in total. The minimum absolute atomic E-state index is 0.0624. The zero-order valence-corrected chi connectivity index (χ0v) is 15.9. The molecule has 1 fully saturated rings. The molecule has 1 aliphatic heterocycles. The number of esters is 1. The van der Waals surface area contributed by atoms with Crippen molar-refractivity contribution in [3.8, 4) is 0 Å². The van der Waals surface area contributed by atoms with Crippen LogP contribution in [0.25, 0.3) is 0 Å². The number of carbonyl (C=O) groups is 3. The van der Waals surface area contributed by atoms with Crippen molar-refractivity contribution in [3.05, 3.63) is 64.7 Å². The third kappa shape index (κ3) is 4.37. The predicted molar refractivity (Wildman–Crippen MR) is 103 cm³/mol. The van der Waals surface area contributed by atoms with Crippen LogP contribution in [0.4, 0.5) is 5.69 Å². The third-order valence-corrected chi connectivity index (χ3v) is 4.85. The van der Waals surface area contributed by atoms with Gasteiger partial charge in [-0.1, -0.05) is 41.4 Å². The zero-order valence-electron chi connectivity index (χ0n) is 15.1. The second-order valence-electron chi connectivity index (χ2n) is 6.69. The molecular formula is C21H20ClNO4. The van der Waals surface area contributed by atoms with Gasteiger partial charge < -0.3 is 9.64 Å². The van der Waals surface area contributed by atoms with Crippen LogP contribution in [-0.4, -0.2) is 30.3 Å². The molecule has 3 rings (SSSR count). The number of hydrogen-bond donors (Lipinski definition) is 0. The molecule has 0 unspecified atom stereocenters. The van der Waals surface area contributed by atoms with Gasteiger partial charge in [0.15, 0.2) is 6.10 Å². The molecule has 1 amide bonds. The lowest BCUT2D eigenvalue weighted by molar-refractivity contribution is -0.151. The number of ether oxygens (including phenoxy) is 1. The molecule has 2 aromatic rings. The fourth-order valence-corrected chi connectivity index (χ4v) is 3.14. The van der Waals surface area contributed by atoms with Crippen LogP contribution in [0.1, 0.15) is 29.3 Å². The van der Waals surface area contributed by atoms with Crippen molar-refractivity contribution in [3.63, 3.8) is 0 Å². The van der Waals surface area contributed by atoms with Gasteiger partial charge in [0.2, 0.25) is 11.7 Å². The molecule has 2 aromatic carbocycles. The number of carbonyl (C=O) groups excluding carboxylic acids is 3. The average Bonchev–Trinajstić information content (AvgIpc) is 3.04. The topological polar surface area (TPSA) is 63.7 Å². The summed E-state index contributed by atoms with van der Waals surface area (Å²) in [6, 6.07) is 13.9. The lowest BCUT2D eigenvalue weighted by atomic mass is 10.1. The number of halogens is 1. The minimum Gasteiger partial charge on any atom is -0.454 e. The molecule has 2 atom stereocenters. The third-order valence-electron chi connectivity index (χ3n) is 4.59. The number of ketones is 1. The number of amides is 1. The lowest BCUT2D eigenvalue weighted by Crippen LogP contribution is -2.30. The standard InChI is InChI=1S/C21H20ClNO4/c1-13-3-5-15(6-4-13)20(25)14(2)27-21(26)16-11-19(24)23(12-16)18-9-7-17(22)8-10-18/h3-10,14,16H,11-12H2,1-2H3/t14-,16+/m1/s1. The number of Topliss-reactive ketones (excluding diaryl/α,β-unsaturated/α-hetero) is 1. The molecule has 1 saturated heterocycles. The van der Waals surface area contributed by atoms with Crippen molar-refractivity contribution in [2.24, 2.45) is 5.92 Å². The van der Waals surface area contributed by atoms with E-state index in [0.717, 1.165) is 5.56 Å². The molecule has 5 nitrogen and oxygen atoms in total. The second kappa shape index (κ2) is 7.92. The average molecular weight is 386 g/mol. The number of aryl methyl sites for hydroxylation is 1. The van der Waals surface area contributed by atoms with Gasteiger partial charge in [-0.2, -0.15) is 0 Å². The molecule has 0 saturated carbocycles. The number of rotatable bonds is 5. The fraction of sp³-hybridized carbons (Fsp3) is 0.286. The van der Waals surface area contributed by atoms with Crippen LogP contribution in [0.3, 0.4) is 0 Å². The monoisotopic (exact) mass is 385 g/mol. The highest BCUT2D eigenvalue weighted by Gasteiger charge is 2.37. The van der Waals surface area contributed by atoms with Crippen LogP contribution >= 0.6 is 11.6 Å². The Hall–Kier alpha value is -2.66. The van der Waals surface area contributed by atoms with Gasteiger partial charge in [-0.3, -0.25) is 14.4 Å². The van der Waals surface area contributed by atoms with Crippen molar-refractivity contribution >= 4 is 34.9 Å². The number of anilines is 1. The van der Waals surface area contributed by atoms with Crippen LogP contribution in [0.2, 0.25) is 5.02 Å². The van der Waals surface area contributed by atoms with Gasteiger partial charge in [-0.05, 0) is 38.1 Å². The maximum atomic E-state index is 12.4. The molecule has 140 valence electrons. The van der Waals surface area contributed by atoms with Crippen molar-refractivity contribution in [2.75, 3.05) is 11.4 Å². The van der Waals surface area contributed by atoms with E-state index in [0.29, 0.717) is 16.3 Å². The summed E-state index contributed by atoms with van der Waals surface area (Å²) in [6.45, 7) is 3.71. The summed E-state index contributed by atoms with van der Waals surface area (Å²) in [5.74, 6) is -1.55. The largest absolute Gasteiger partial charge is 0.454 e. The van der Waals surface area contributed by atoms with Crippen LogP contribution < -0.4 is 4.90 Å². The highest BCUT2D eigenvalue weighted by atomic mass is 35.5. The first-order chi connectivity index (χ1) is 12.8. The molecule has 6 heteroatoms. The van der Waals surface area contributed by atoms with E-state index in [4.69, 9.17) is 16.3 Å². The van der Waals surface area contributed by atoms with E-state index >= 15 is 0 Å². The van der Waals surface area contributed by atoms with E-state index in [1.165, 1.54) is 4.90 Å². The fourth-order valence-electron chi connectivity index (χ4n) is 3.01. The van der Waals surface area contributed by atoms with E-state index < -0.39 is 18.0 Å². The zero-order chi connectivity index (χ0) is 19.6. The Bertz CT molecular complexity index is 861. The van der Waals surface area contributed by atoms with Gasteiger partial charge in [0.25, 0.3) is 0 Å². The Kier molecular flexibility index (Phi) is 5.61. The van der Waals surface area contributed by atoms with Crippen LogP contribution in [0.15, 0.2) is 48.5 Å². The molecule has 0 bridgehead atoms. The summed E-state index contributed by atoms with van der Waals surface area (Å²) in [5, 5.41) is 0.574. The Balaban J connectivity index is 1.62. The van der Waals surface area contributed by atoms with E-state index in [1.807, 2.05) is 19.1 Å². The summed E-state index contributed by atoms with van der Waals surface area (Å²) < 4.78 is 5.34. The molecule has 0 spiro atoms. The van der Waals surface area contributed by atoms with Crippen molar-refractivity contribution in [1.82, 2.24) is 0 Å².